The third-order valence-corrected chi connectivity index (χ3v) is 3.05. The highest BCUT2D eigenvalue weighted by Crippen LogP contribution is 2.31. The van der Waals surface area contributed by atoms with Gasteiger partial charge in [-0.15, -0.1) is 0 Å². The van der Waals surface area contributed by atoms with Crippen LogP contribution >= 0.6 is 0 Å². The van der Waals surface area contributed by atoms with Gasteiger partial charge in [0.15, 0.2) is 11.6 Å². The van der Waals surface area contributed by atoms with Crippen LogP contribution in [0.25, 0.3) is 0 Å². The molecular formula is C14H19FO4. The van der Waals surface area contributed by atoms with Gasteiger partial charge >= 0.3 is 5.97 Å². The van der Waals surface area contributed by atoms with E-state index in [1.807, 2.05) is 0 Å². The van der Waals surface area contributed by atoms with Gasteiger partial charge in [-0.2, -0.15) is 0 Å². The maximum absolute atomic E-state index is 13.6. The fourth-order valence-corrected chi connectivity index (χ4v) is 1.98. The van der Waals surface area contributed by atoms with Crippen LogP contribution in [0.2, 0.25) is 0 Å². The number of esters is 1. The second kappa shape index (κ2) is 6.52. The number of halogens is 1. The van der Waals surface area contributed by atoms with Gasteiger partial charge in [0.2, 0.25) is 0 Å². The average molecular weight is 270 g/mol. The lowest BCUT2D eigenvalue weighted by molar-refractivity contribution is -0.152. The van der Waals surface area contributed by atoms with E-state index in [2.05, 4.69) is 4.74 Å². The van der Waals surface area contributed by atoms with Crippen LogP contribution in [0.5, 0.6) is 5.75 Å². The molecule has 19 heavy (non-hydrogen) atoms. The van der Waals surface area contributed by atoms with Gasteiger partial charge < -0.3 is 14.6 Å². The second-order valence-corrected chi connectivity index (χ2v) is 4.63. The van der Waals surface area contributed by atoms with Crippen molar-refractivity contribution in [3.8, 4) is 5.75 Å². The van der Waals surface area contributed by atoms with E-state index in [9.17, 15) is 14.3 Å². The third kappa shape index (κ3) is 3.44. The first-order chi connectivity index (χ1) is 8.92. The normalized spacial score (nSPS) is 14.1. The molecule has 0 saturated carbocycles. The fraction of sp³-hybridized carbons (Fsp3) is 0.500. The van der Waals surface area contributed by atoms with E-state index in [0.29, 0.717) is 5.56 Å². The first kappa shape index (κ1) is 15.4. The molecule has 0 bridgehead atoms. The van der Waals surface area contributed by atoms with Crippen LogP contribution in [0.1, 0.15) is 25.5 Å². The van der Waals surface area contributed by atoms with Gasteiger partial charge in [0, 0.05) is 0 Å². The Morgan fingerprint density at radius 3 is 2.37 bits per heavy atom. The number of aliphatic hydroxyl groups excluding tert-OH is 1. The monoisotopic (exact) mass is 270 g/mol. The van der Waals surface area contributed by atoms with Crippen LogP contribution in [0, 0.1) is 17.7 Å². The number of carbonyl (C=O) groups is 1. The zero-order valence-corrected chi connectivity index (χ0v) is 11.5. The molecule has 1 rings (SSSR count). The van der Waals surface area contributed by atoms with Crippen molar-refractivity contribution in [2.75, 3.05) is 14.2 Å². The molecule has 0 spiro atoms. The van der Waals surface area contributed by atoms with E-state index in [4.69, 9.17) is 4.74 Å². The number of hydrogen-bond acceptors (Lipinski definition) is 4. The van der Waals surface area contributed by atoms with Crippen LogP contribution in [-0.2, 0) is 9.53 Å². The second-order valence-electron chi connectivity index (χ2n) is 4.63. The Hall–Kier alpha value is -1.62. The van der Waals surface area contributed by atoms with Crippen molar-refractivity contribution in [1.29, 1.82) is 0 Å². The molecule has 0 saturated heterocycles. The summed E-state index contributed by atoms with van der Waals surface area (Å²) in [6, 6.07) is 4.12. The summed E-state index contributed by atoms with van der Waals surface area (Å²) >= 11 is 0. The maximum Gasteiger partial charge on any atom is 0.311 e. The van der Waals surface area contributed by atoms with Crippen molar-refractivity contribution in [2.45, 2.75) is 20.0 Å². The number of rotatable bonds is 5. The molecule has 0 radical (unpaired) electrons. The van der Waals surface area contributed by atoms with Crippen molar-refractivity contribution in [3.63, 3.8) is 0 Å². The van der Waals surface area contributed by atoms with Crippen molar-refractivity contribution < 1.29 is 23.8 Å². The quantitative estimate of drug-likeness (QED) is 0.834. The molecule has 5 heteroatoms. The summed E-state index contributed by atoms with van der Waals surface area (Å²) in [7, 11) is 2.62. The molecule has 0 fully saturated rings. The Bertz CT molecular complexity index is 445. The molecule has 1 aromatic carbocycles. The Kier molecular flexibility index (Phi) is 5.30. The van der Waals surface area contributed by atoms with Crippen molar-refractivity contribution in [3.05, 3.63) is 29.6 Å². The smallest absolute Gasteiger partial charge is 0.311 e. The molecule has 2 atom stereocenters. The highest BCUT2D eigenvalue weighted by molar-refractivity contribution is 5.73. The molecule has 4 nitrogen and oxygen atoms in total. The molecule has 1 aromatic rings. The molecule has 0 aliphatic rings. The molecular weight excluding hydrogens is 251 g/mol. The van der Waals surface area contributed by atoms with Crippen molar-refractivity contribution in [2.24, 2.45) is 11.8 Å². The van der Waals surface area contributed by atoms with E-state index in [1.165, 1.54) is 32.4 Å². The summed E-state index contributed by atoms with van der Waals surface area (Å²) in [5.74, 6) is -1.87. The van der Waals surface area contributed by atoms with Gasteiger partial charge in [0.05, 0.1) is 26.2 Å². The SMILES string of the molecule is COC(=O)C(C(C)C)C(O)c1ccc(OC)c(F)c1. The van der Waals surface area contributed by atoms with Crippen LogP contribution in [-0.4, -0.2) is 25.3 Å². The largest absolute Gasteiger partial charge is 0.494 e. The number of aliphatic hydroxyl groups is 1. The van der Waals surface area contributed by atoms with E-state index >= 15 is 0 Å². The maximum atomic E-state index is 13.6. The van der Waals surface area contributed by atoms with E-state index < -0.39 is 23.8 Å². The zero-order valence-electron chi connectivity index (χ0n) is 11.5. The number of carbonyl (C=O) groups excluding carboxylic acids is 1. The molecule has 2 unspecified atom stereocenters. The van der Waals surface area contributed by atoms with Gasteiger partial charge in [0.1, 0.15) is 0 Å². The van der Waals surface area contributed by atoms with Crippen LogP contribution in [0.15, 0.2) is 18.2 Å². The predicted octanol–water partition coefficient (Wildman–Crippen LogP) is 2.31. The number of benzene rings is 1. The highest BCUT2D eigenvalue weighted by Gasteiger charge is 2.32. The third-order valence-electron chi connectivity index (χ3n) is 3.05. The Balaban J connectivity index is 3.06. The zero-order chi connectivity index (χ0) is 14.6. The molecule has 0 aromatic heterocycles. The molecule has 0 heterocycles. The summed E-state index contributed by atoms with van der Waals surface area (Å²) in [6.45, 7) is 3.59. The topological polar surface area (TPSA) is 55.8 Å². The van der Waals surface area contributed by atoms with Crippen molar-refractivity contribution >= 4 is 5.97 Å². The standard InChI is InChI=1S/C14H19FO4/c1-8(2)12(14(17)19-4)13(16)9-5-6-11(18-3)10(15)7-9/h5-8,12-13,16H,1-4H3. The summed E-state index contributed by atoms with van der Waals surface area (Å²) in [6.07, 6.45) is -1.12. The van der Waals surface area contributed by atoms with Crippen LogP contribution < -0.4 is 4.74 Å². The number of methoxy groups -OCH3 is 2. The Morgan fingerprint density at radius 1 is 1.32 bits per heavy atom. The minimum Gasteiger partial charge on any atom is -0.494 e. The van der Waals surface area contributed by atoms with Gasteiger partial charge in [0.25, 0.3) is 0 Å². The summed E-state index contributed by atoms with van der Waals surface area (Å²) < 4.78 is 23.1. The lowest BCUT2D eigenvalue weighted by Crippen LogP contribution is -2.28. The fourth-order valence-electron chi connectivity index (χ4n) is 1.98. The van der Waals surface area contributed by atoms with Gasteiger partial charge in [-0.05, 0) is 23.6 Å². The average Bonchev–Trinajstić information content (AvgIpc) is 2.37. The molecule has 0 aliphatic carbocycles. The van der Waals surface area contributed by atoms with Gasteiger partial charge in [-0.1, -0.05) is 19.9 Å². The Labute approximate surface area is 112 Å². The lowest BCUT2D eigenvalue weighted by Gasteiger charge is -2.24. The summed E-state index contributed by atoms with van der Waals surface area (Å²) in [5.41, 5.74) is 0.322. The first-order valence-electron chi connectivity index (χ1n) is 6.01. The Morgan fingerprint density at radius 2 is 1.95 bits per heavy atom. The molecule has 1 N–H and O–H groups in total. The van der Waals surface area contributed by atoms with Gasteiger partial charge in [-0.25, -0.2) is 4.39 Å². The molecule has 0 aliphatic heterocycles. The number of ether oxygens (including phenoxy) is 2. The van der Waals surface area contributed by atoms with E-state index in [0.717, 1.165) is 0 Å². The summed E-state index contributed by atoms with van der Waals surface area (Å²) in [4.78, 5) is 11.7. The predicted molar refractivity (Wildman–Crippen MR) is 68.3 cm³/mol. The first-order valence-corrected chi connectivity index (χ1v) is 6.01. The number of hydrogen-bond donors (Lipinski definition) is 1. The van der Waals surface area contributed by atoms with E-state index in [1.54, 1.807) is 13.8 Å². The van der Waals surface area contributed by atoms with Crippen LogP contribution in [0.4, 0.5) is 4.39 Å². The summed E-state index contributed by atoms with van der Waals surface area (Å²) in [5, 5.41) is 10.2. The molecule has 0 amide bonds. The van der Waals surface area contributed by atoms with Gasteiger partial charge in [-0.3, -0.25) is 4.79 Å². The van der Waals surface area contributed by atoms with E-state index in [-0.39, 0.29) is 11.7 Å². The minimum absolute atomic E-state index is 0.0927. The van der Waals surface area contributed by atoms with Crippen LogP contribution in [0.3, 0.4) is 0 Å². The minimum atomic E-state index is -1.12. The highest BCUT2D eigenvalue weighted by atomic mass is 19.1. The lowest BCUT2D eigenvalue weighted by atomic mass is 9.86. The molecule has 106 valence electrons. The van der Waals surface area contributed by atoms with Crippen molar-refractivity contribution in [1.82, 2.24) is 0 Å².